The summed E-state index contributed by atoms with van der Waals surface area (Å²) >= 11 is 5.28. The maximum Gasteiger partial charge on any atom is 0.234 e. The number of nitrogens with zero attached hydrogens (tertiary/aromatic N) is 1. The second-order valence-electron chi connectivity index (χ2n) is 1.17. The minimum atomic E-state index is 0.220. The van der Waals surface area contributed by atoms with Gasteiger partial charge >= 0.3 is 0 Å². The normalized spacial score (nSPS) is 9.43. The molecule has 0 spiro atoms. The average molecular weight is 117 g/mol. The zero-order chi connectivity index (χ0) is 5.28. The lowest BCUT2D eigenvalue weighted by Gasteiger charge is -1.62. The Morgan fingerprint density at radius 1 is 1.86 bits per heavy atom. The number of aromatic nitrogens is 1. The third-order valence-electron chi connectivity index (χ3n) is 0.542. The summed E-state index contributed by atoms with van der Waals surface area (Å²) in [5.41, 5.74) is 0.685. The van der Waals surface area contributed by atoms with Crippen LogP contribution in [0.15, 0.2) is 4.52 Å². The summed E-state index contributed by atoms with van der Waals surface area (Å²) in [5.74, 6) is 0. The van der Waals surface area contributed by atoms with E-state index in [0.717, 1.165) is 0 Å². The lowest BCUT2D eigenvalue weighted by atomic mass is 10.5. The molecule has 1 aromatic rings. The van der Waals surface area contributed by atoms with Gasteiger partial charge in [-0.25, -0.2) is 0 Å². The van der Waals surface area contributed by atoms with E-state index >= 15 is 0 Å². The van der Waals surface area contributed by atoms with Crippen LogP contribution in [0, 0.1) is 13.0 Å². The number of rotatable bonds is 0. The molecule has 1 rings (SSSR count). The first-order valence-electron chi connectivity index (χ1n) is 1.80. The number of hydrogen-bond donors (Lipinski definition) is 0. The highest BCUT2D eigenvalue weighted by atomic mass is 35.5. The molecule has 0 N–H and O–H groups in total. The maximum absolute atomic E-state index is 5.28. The van der Waals surface area contributed by atoms with Gasteiger partial charge in [-0.1, -0.05) is 5.16 Å². The predicted octanol–water partition coefficient (Wildman–Crippen LogP) is 1.44. The van der Waals surface area contributed by atoms with Gasteiger partial charge in [-0.3, -0.25) is 0 Å². The van der Waals surface area contributed by atoms with Gasteiger partial charge in [-0.15, -0.1) is 0 Å². The molecule has 0 aliphatic carbocycles. The Kier molecular flexibility index (Phi) is 1.02. The van der Waals surface area contributed by atoms with Gasteiger partial charge in [0.15, 0.2) is 0 Å². The molecular formula is C4H3ClNO. The number of aryl methyl sites for hydroxylation is 1. The summed E-state index contributed by atoms with van der Waals surface area (Å²) in [5, 5.41) is 3.67. The van der Waals surface area contributed by atoms with Gasteiger partial charge < -0.3 is 4.52 Å². The van der Waals surface area contributed by atoms with E-state index in [0.29, 0.717) is 5.69 Å². The topological polar surface area (TPSA) is 26.0 Å². The largest absolute Gasteiger partial charge is 0.343 e. The Balaban J connectivity index is 3.04. The lowest BCUT2D eigenvalue weighted by molar-refractivity contribution is 0.416. The van der Waals surface area contributed by atoms with Crippen molar-refractivity contribution in [1.82, 2.24) is 5.16 Å². The second kappa shape index (κ2) is 1.54. The zero-order valence-corrected chi connectivity index (χ0v) is 4.49. The molecule has 0 atom stereocenters. The Morgan fingerprint density at radius 3 is 2.71 bits per heavy atom. The highest BCUT2D eigenvalue weighted by Crippen LogP contribution is 2.05. The SMILES string of the molecule is Cc1[c]c(Cl)on1. The highest BCUT2D eigenvalue weighted by Gasteiger charge is 1.92. The highest BCUT2D eigenvalue weighted by molar-refractivity contribution is 6.28. The van der Waals surface area contributed by atoms with E-state index in [2.05, 4.69) is 15.7 Å². The van der Waals surface area contributed by atoms with Crippen LogP contribution in [0.25, 0.3) is 0 Å². The van der Waals surface area contributed by atoms with Gasteiger partial charge in [0.25, 0.3) is 0 Å². The Bertz CT molecular complexity index is 144. The molecular weight excluding hydrogens is 114 g/mol. The van der Waals surface area contributed by atoms with Crippen LogP contribution < -0.4 is 0 Å². The Morgan fingerprint density at radius 2 is 2.57 bits per heavy atom. The van der Waals surface area contributed by atoms with Gasteiger partial charge in [-0.05, 0) is 18.5 Å². The fraction of sp³-hybridized carbons (Fsp3) is 0.250. The monoisotopic (exact) mass is 116 g/mol. The van der Waals surface area contributed by atoms with Gasteiger partial charge in [0.2, 0.25) is 5.22 Å². The fourth-order valence-corrected chi connectivity index (χ4v) is 0.468. The lowest BCUT2D eigenvalue weighted by Crippen LogP contribution is -1.60. The molecule has 3 heteroatoms. The smallest absolute Gasteiger partial charge is 0.234 e. The second-order valence-corrected chi connectivity index (χ2v) is 1.51. The molecule has 37 valence electrons. The van der Waals surface area contributed by atoms with E-state index < -0.39 is 0 Å². The van der Waals surface area contributed by atoms with Crippen molar-refractivity contribution in [3.63, 3.8) is 0 Å². The molecule has 7 heavy (non-hydrogen) atoms. The van der Waals surface area contributed by atoms with E-state index in [9.17, 15) is 0 Å². The molecule has 1 aromatic heterocycles. The molecule has 1 heterocycles. The van der Waals surface area contributed by atoms with Gasteiger partial charge in [-0.2, -0.15) is 0 Å². The van der Waals surface area contributed by atoms with Crippen molar-refractivity contribution in [2.24, 2.45) is 0 Å². The van der Waals surface area contributed by atoms with Gasteiger partial charge in [0.1, 0.15) is 0 Å². The van der Waals surface area contributed by atoms with E-state index in [1.165, 1.54) is 0 Å². The van der Waals surface area contributed by atoms with Crippen molar-refractivity contribution >= 4 is 11.6 Å². The van der Waals surface area contributed by atoms with Crippen molar-refractivity contribution < 1.29 is 4.52 Å². The summed E-state index contributed by atoms with van der Waals surface area (Å²) < 4.78 is 4.42. The first kappa shape index (κ1) is 4.65. The van der Waals surface area contributed by atoms with Crippen LogP contribution in [0.3, 0.4) is 0 Å². The van der Waals surface area contributed by atoms with Crippen LogP contribution in [-0.2, 0) is 0 Å². The first-order chi connectivity index (χ1) is 3.29. The van der Waals surface area contributed by atoms with Crippen LogP contribution in [-0.4, -0.2) is 5.16 Å². The van der Waals surface area contributed by atoms with Gasteiger partial charge in [0, 0.05) is 0 Å². The molecule has 0 bridgehead atoms. The average Bonchev–Trinajstić information content (AvgIpc) is 1.87. The molecule has 0 saturated heterocycles. The molecule has 0 fully saturated rings. The van der Waals surface area contributed by atoms with E-state index in [4.69, 9.17) is 11.6 Å². The molecule has 0 unspecified atom stereocenters. The molecule has 0 aromatic carbocycles. The van der Waals surface area contributed by atoms with E-state index in [1.54, 1.807) is 6.92 Å². The molecule has 0 saturated carbocycles. The molecule has 2 nitrogen and oxygen atoms in total. The van der Waals surface area contributed by atoms with Crippen LogP contribution in [0.2, 0.25) is 5.22 Å². The van der Waals surface area contributed by atoms with Crippen LogP contribution in [0.4, 0.5) is 0 Å². The van der Waals surface area contributed by atoms with E-state index in [-0.39, 0.29) is 5.22 Å². The molecule has 0 aliphatic heterocycles. The molecule has 0 amide bonds. The third-order valence-corrected chi connectivity index (χ3v) is 0.705. The van der Waals surface area contributed by atoms with Crippen molar-refractivity contribution in [2.75, 3.05) is 0 Å². The summed E-state index contributed by atoms with van der Waals surface area (Å²) in [6.07, 6.45) is 0. The Labute approximate surface area is 46.1 Å². The summed E-state index contributed by atoms with van der Waals surface area (Å²) in [7, 11) is 0. The summed E-state index contributed by atoms with van der Waals surface area (Å²) in [4.78, 5) is 0. The zero-order valence-electron chi connectivity index (χ0n) is 3.73. The minimum absolute atomic E-state index is 0.220. The standard InChI is InChI=1S/C4H3ClNO/c1-3-2-4(5)7-6-3/h1H3. The Hall–Kier alpha value is -0.500. The van der Waals surface area contributed by atoms with Crippen LogP contribution in [0.1, 0.15) is 5.69 Å². The number of halogens is 1. The van der Waals surface area contributed by atoms with Crippen molar-refractivity contribution in [1.29, 1.82) is 0 Å². The summed E-state index contributed by atoms with van der Waals surface area (Å²) in [6.45, 7) is 1.76. The fourth-order valence-electron chi connectivity index (χ4n) is 0.296. The first-order valence-corrected chi connectivity index (χ1v) is 2.18. The van der Waals surface area contributed by atoms with Crippen LogP contribution >= 0.6 is 11.6 Å². The third kappa shape index (κ3) is 0.933. The van der Waals surface area contributed by atoms with E-state index in [1.807, 2.05) is 0 Å². The van der Waals surface area contributed by atoms with Gasteiger partial charge in [0.05, 0.1) is 11.8 Å². The van der Waals surface area contributed by atoms with Crippen molar-refractivity contribution in [3.8, 4) is 0 Å². The minimum Gasteiger partial charge on any atom is -0.343 e. The van der Waals surface area contributed by atoms with Crippen LogP contribution in [0.5, 0.6) is 0 Å². The molecule has 0 aliphatic rings. The van der Waals surface area contributed by atoms with Crippen molar-refractivity contribution in [3.05, 3.63) is 17.0 Å². The maximum atomic E-state index is 5.28. The quantitative estimate of drug-likeness (QED) is 0.513. The van der Waals surface area contributed by atoms with Crippen molar-refractivity contribution in [2.45, 2.75) is 6.92 Å². The molecule has 1 radical (unpaired) electrons. The summed E-state index contributed by atoms with van der Waals surface area (Å²) in [6, 6.07) is 2.63. The predicted molar refractivity (Wildman–Crippen MR) is 25.1 cm³/mol. The number of hydrogen-bond acceptors (Lipinski definition) is 2.